The maximum absolute atomic E-state index is 15.6. The number of hydrogen-bond donors (Lipinski definition) is 1. The average molecular weight is 650 g/mol. The van der Waals surface area contributed by atoms with Crippen LogP contribution in [0.4, 0.5) is 33.5 Å². The van der Waals surface area contributed by atoms with Crippen LogP contribution in [-0.2, 0) is 23.8 Å². The van der Waals surface area contributed by atoms with Gasteiger partial charge in [0.05, 0.1) is 35.5 Å². The number of aromatic nitrogens is 2. The summed E-state index contributed by atoms with van der Waals surface area (Å²) < 4.78 is 78.7. The van der Waals surface area contributed by atoms with E-state index < -0.39 is 53.1 Å². The number of halogens is 5. The first-order chi connectivity index (χ1) is 21.7. The molecule has 1 aromatic carbocycles. The number of nitrogens with two attached hydrogens (primary N) is 1. The van der Waals surface area contributed by atoms with Crippen molar-refractivity contribution in [2.24, 2.45) is 5.92 Å². The van der Waals surface area contributed by atoms with Crippen molar-refractivity contribution in [3.8, 4) is 12.1 Å². The molecule has 1 unspecified atom stereocenters. The number of nitriles is 1. The molecular weight excluding hydrogens is 609 g/mol. The molecule has 46 heavy (non-hydrogen) atoms. The second-order valence-corrected chi connectivity index (χ2v) is 12.8. The molecule has 250 valence electrons. The highest BCUT2D eigenvalue weighted by Gasteiger charge is 2.43. The van der Waals surface area contributed by atoms with Crippen molar-refractivity contribution >= 4 is 17.4 Å². The Hall–Kier alpha value is -3.73. The number of piperazine rings is 1. The molecule has 2 saturated heterocycles. The van der Waals surface area contributed by atoms with Crippen LogP contribution in [0.15, 0.2) is 6.07 Å². The van der Waals surface area contributed by atoms with Gasteiger partial charge in [-0.15, -0.1) is 0 Å². The molecule has 2 aliphatic heterocycles. The van der Waals surface area contributed by atoms with E-state index in [1.165, 1.54) is 11.8 Å². The largest absolute Gasteiger partial charge is 0.462 e. The summed E-state index contributed by atoms with van der Waals surface area (Å²) >= 11 is 0. The number of nitrogen functional groups attached to an aromatic ring is 1. The SMILES string of the molecule is Cc1cc(N)c(F)c([C@H]2Cc3nc(OC[C@@H]4CCCN4C)nc(N4CCN(C(=O)C(C)F)[C@@H](CC#N)C4)c3C[C@@H]2C)c1C(F)(F)F. The summed E-state index contributed by atoms with van der Waals surface area (Å²) in [6.45, 7) is 6.09. The summed E-state index contributed by atoms with van der Waals surface area (Å²) in [5.41, 5.74) is 5.03. The number of rotatable bonds is 7. The van der Waals surface area contributed by atoms with Crippen LogP contribution >= 0.6 is 0 Å². The van der Waals surface area contributed by atoms with Crippen LogP contribution in [0.25, 0.3) is 0 Å². The van der Waals surface area contributed by atoms with Crippen molar-refractivity contribution in [2.45, 2.75) is 83.2 Å². The number of likely N-dealkylation sites (N-methyl/N-ethyl adjacent to an activating group) is 1. The lowest BCUT2D eigenvalue weighted by Crippen LogP contribution is -2.57. The van der Waals surface area contributed by atoms with Crippen molar-refractivity contribution < 1.29 is 31.5 Å². The third kappa shape index (κ3) is 6.56. The fraction of sp³-hybridized carbons (Fsp3) is 0.625. The van der Waals surface area contributed by atoms with Crippen LogP contribution in [0.5, 0.6) is 6.01 Å². The Balaban J connectivity index is 1.56. The van der Waals surface area contributed by atoms with Gasteiger partial charge in [-0.05, 0) is 76.6 Å². The molecule has 2 aromatic rings. The zero-order valence-electron chi connectivity index (χ0n) is 26.5. The molecular formula is C32H40F5N7O2. The number of carbonyl (C=O) groups excluding carboxylic acids is 1. The van der Waals surface area contributed by atoms with Gasteiger partial charge in [-0.3, -0.25) is 4.79 Å². The first-order valence-electron chi connectivity index (χ1n) is 15.7. The lowest BCUT2D eigenvalue weighted by atomic mass is 9.73. The molecule has 2 fully saturated rings. The van der Waals surface area contributed by atoms with Gasteiger partial charge in [0.25, 0.3) is 5.91 Å². The van der Waals surface area contributed by atoms with Gasteiger partial charge in [0.2, 0.25) is 0 Å². The molecule has 5 rings (SSSR count). The topological polar surface area (TPSA) is 112 Å². The van der Waals surface area contributed by atoms with Crippen LogP contribution in [0.1, 0.15) is 67.0 Å². The van der Waals surface area contributed by atoms with Crippen LogP contribution < -0.4 is 15.4 Å². The highest BCUT2D eigenvalue weighted by atomic mass is 19.4. The molecule has 1 amide bonds. The summed E-state index contributed by atoms with van der Waals surface area (Å²) in [5, 5.41) is 9.49. The summed E-state index contributed by atoms with van der Waals surface area (Å²) in [6.07, 6.45) is -4.34. The lowest BCUT2D eigenvalue weighted by molar-refractivity contribution is -0.139. The minimum atomic E-state index is -4.80. The predicted molar refractivity (Wildman–Crippen MR) is 162 cm³/mol. The quantitative estimate of drug-likeness (QED) is 0.336. The molecule has 1 aliphatic carbocycles. The number of anilines is 2. The standard InChI is InChI=1S/C32H40F5N7O2/c1-17-12-23-25(14-22(17)26-27(32(35,36)37)18(2)13-24(39)28(26)34)40-31(46-16-21-6-5-9-42(21)4)41-29(23)43-10-11-44(30(45)19(3)33)20(15-43)7-8-38/h13,17,19-22H,5-7,9-12,14-16,39H2,1-4H3/t17-,19?,20-,21-,22-/m0/s1. The van der Waals surface area contributed by atoms with Gasteiger partial charge in [-0.2, -0.15) is 28.4 Å². The van der Waals surface area contributed by atoms with Crippen LogP contribution in [-0.4, -0.2) is 83.8 Å². The van der Waals surface area contributed by atoms with Gasteiger partial charge in [0, 0.05) is 36.8 Å². The minimum Gasteiger partial charge on any atom is -0.462 e. The van der Waals surface area contributed by atoms with E-state index >= 15 is 4.39 Å². The molecule has 2 N–H and O–H groups in total. The Labute approximate surface area is 265 Å². The fourth-order valence-corrected chi connectivity index (χ4v) is 7.24. The highest BCUT2D eigenvalue weighted by Crippen LogP contribution is 2.47. The lowest BCUT2D eigenvalue weighted by Gasteiger charge is -2.43. The molecule has 0 bridgehead atoms. The number of fused-ring (bicyclic) bond motifs is 1. The Kier molecular flexibility index (Phi) is 9.63. The zero-order chi connectivity index (χ0) is 33.5. The Morgan fingerprint density at radius 1 is 1.22 bits per heavy atom. The molecule has 0 radical (unpaired) electrons. The monoisotopic (exact) mass is 649 g/mol. The number of likely N-dealkylation sites (tertiary alicyclic amines) is 1. The highest BCUT2D eigenvalue weighted by molar-refractivity contribution is 5.81. The van der Waals surface area contributed by atoms with Crippen molar-refractivity contribution in [1.82, 2.24) is 19.8 Å². The van der Waals surface area contributed by atoms with E-state index in [1.807, 2.05) is 11.9 Å². The molecule has 9 nitrogen and oxygen atoms in total. The predicted octanol–water partition coefficient (Wildman–Crippen LogP) is 4.81. The normalized spacial score (nSPS) is 24.4. The third-order valence-corrected chi connectivity index (χ3v) is 9.67. The Morgan fingerprint density at radius 2 is 1.96 bits per heavy atom. The summed E-state index contributed by atoms with van der Waals surface area (Å²) in [6, 6.07) is 2.70. The first-order valence-corrected chi connectivity index (χ1v) is 15.7. The smallest absolute Gasteiger partial charge is 0.417 e. The number of ether oxygens (including phenoxy) is 1. The van der Waals surface area contributed by atoms with Crippen molar-refractivity contribution in [2.75, 3.05) is 50.5 Å². The average Bonchev–Trinajstić information content (AvgIpc) is 3.40. The van der Waals surface area contributed by atoms with Crippen LogP contribution in [0, 0.1) is 30.0 Å². The first kappa shape index (κ1) is 33.6. The molecule has 3 aliphatic rings. The summed E-state index contributed by atoms with van der Waals surface area (Å²) in [4.78, 5) is 27.5. The summed E-state index contributed by atoms with van der Waals surface area (Å²) in [5.74, 6) is -2.60. The number of alkyl halides is 4. The van der Waals surface area contributed by atoms with E-state index in [0.29, 0.717) is 23.7 Å². The molecule has 3 heterocycles. The van der Waals surface area contributed by atoms with Crippen molar-refractivity contribution in [3.05, 3.63) is 39.8 Å². The van der Waals surface area contributed by atoms with E-state index in [4.69, 9.17) is 15.5 Å². The fourth-order valence-electron chi connectivity index (χ4n) is 7.24. The third-order valence-electron chi connectivity index (χ3n) is 9.67. The van der Waals surface area contributed by atoms with Gasteiger partial charge >= 0.3 is 12.2 Å². The van der Waals surface area contributed by atoms with Crippen molar-refractivity contribution in [1.29, 1.82) is 5.26 Å². The molecule has 0 spiro atoms. The number of benzene rings is 1. The van der Waals surface area contributed by atoms with Crippen LogP contribution in [0.2, 0.25) is 0 Å². The van der Waals surface area contributed by atoms with Gasteiger partial charge in [-0.1, -0.05) is 6.92 Å². The van der Waals surface area contributed by atoms with E-state index in [0.717, 1.165) is 32.4 Å². The van der Waals surface area contributed by atoms with E-state index in [2.05, 4.69) is 16.0 Å². The second kappa shape index (κ2) is 13.2. The molecule has 1 aromatic heterocycles. The number of nitrogens with zero attached hydrogens (tertiary/aromatic N) is 6. The Bertz CT molecular complexity index is 1510. The molecule has 5 atom stereocenters. The number of carbonyl (C=O) groups is 1. The van der Waals surface area contributed by atoms with Gasteiger partial charge in [0.15, 0.2) is 6.17 Å². The maximum Gasteiger partial charge on any atom is 0.417 e. The van der Waals surface area contributed by atoms with E-state index in [1.54, 1.807) is 6.92 Å². The van der Waals surface area contributed by atoms with E-state index in [-0.39, 0.29) is 62.2 Å². The number of aryl methyl sites for hydroxylation is 1. The van der Waals surface area contributed by atoms with Crippen molar-refractivity contribution in [3.63, 3.8) is 0 Å². The minimum absolute atomic E-state index is 0.00591. The summed E-state index contributed by atoms with van der Waals surface area (Å²) in [7, 11) is 2.00. The number of hydrogen-bond acceptors (Lipinski definition) is 8. The molecule has 0 saturated carbocycles. The van der Waals surface area contributed by atoms with Gasteiger partial charge in [-0.25, -0.2) is 8.78 Å². The van der Waals surface area contributed by atoms with E-state index in [9.17, 15) is 27.6 Å². The number of amides is 1. The second-order valence-electron chi connectivity index (χ2n) is 12.8. The zero-order valence-corrected chi connectivity index (χ0v) is 26.5. The van der Waals surface area contributed by atoms with Crippen LogP contribution in [0.3, 0.4) is 0 Å². The maximum atomic E-state index is 15.6. The van der Waals surface area contributed by atoms with Gasteiger partial charge in [0.1, 0.15) is 18.2 Å². The van der Waals surface area contributed by atoms with Gasteiger partial charge < -0.3 is 25.2 Å². The molecule has 14 heteroatoms. The Morgan fingerprint density at radius 3 is 2.59 bits per heavy atom.